The smallest absolute Gasteiger partial charge is 0.342 e. The topological polar surface area (TPSA) is 96.4 Å². The standard InChI is InChI=1S/C24H24N2O6S/c1-24(2,28)16-31-20-13-14-22-21(15-20)25(3)23(27)26(33(22,29)30)17-9-11-19(12-10-17)32-18-7-5-4-6-8-18/h4-15,28H,16H2,1-3H3. The van der Waals surface area contributed by atoms with Gasteiger partial charge < -0.3 is 14.6 Å². The number of ether oxygens (including phenoxy) is 2. The lowest BCUT2D eigenvalue weighted by Crippen LogP contribution is -2.49. The number of hydrogen-bond acceptors (Lipinski definition) is 6. The monoisotopic (exact) mass is 468 g/mol. The maximum absolute atomic E-state index is 13.3. The van der Waals surface area contributed by atoms with E-state index in [2.05, 4.69) is 0 Å². The minimum atomic E-state index is -4.15. The van der Waals surface area contributed by atoms with E-state index in [1.54, 1.807) is 38.1 Å². The number of benzene rings is 3. The number of urea groups is 1. The van der Waals surface area contributed by atoms with Gasteiger partial charge in [-0.2, -0.15) is 4.31 Å². The average molecular weight is 469 g/mol. The van der Waals surface area contributed by atoms with Crippen LogP contribution in [0.15, 0.2) is 77.7 Å². The number of para-hydroxylation sites is 1. The Morgan fingerprint density at radius 1 is 0.909 bits per heavy atom. The lowest BCUT2D eigenvalue weighted by atomic mass is 10.2. The molecule has 4 rings (SSSR count). The van der Waals surface area contributed by atoms with Gasteiger partial charge in [0.25, 0.3) is 10.0 Å². The third-order valence-electron chi connectivity index (χ3n) is 4.91. The molecule has 33 heavy (non-hydrogen) atoms. The molecule has 1 aliphatic heterocycles. The maximum atomic E-state index is 13.3. The van der Waals surface area contributed by atoms with Gasteiger partial charge in [-0.05, 0) is 62.4 Å². The van der Waals surface area contributed by atoms with Crippen molar-refractivity contribution in [3.05, 3.63) is 72.8 Å². The fraction of sp³-hybridized carbons (Fsp3) is 0.208. The van der Waals surface area contributed by atoms with Gasteiger partial charge in [-0.15, -0.1) is 0 Å². The number of hydrogen-bond donors (Lipinski definition) is 1. The summed E-state index contributed by atoms with van der Waals surface area (Å²) < 4.78 is 38.7. The van der Waals surface area contributed by atoms with Crippen LogP contribution < -0.4 is 18.7 Å². The predicted octanol–water partition coefficient (Wildman–Crippen LogP) is 4.39. The summed E-state index contributed by atoms with van der Waals surface area (Å²) in [7, 11) is -2.66. The molecule has 1 heterocycles. The molecular formula is C24H24N2O6S. The Balaban J connectivity index is 1.63. The Morgan fingerprint density at radius 2 is 1.52 bits per heavy atom. The highest BCUT2D eigenvalue weighted by atomic mass is 32.2. The van der Waals surface area contributed by atoms with Crippen molar-refractivity contribution in [2.24, 2.45) is 0 Å². The first-order valence-corrected chi connectivity index (χ1v) is 11.7. The quantitative estimate of drug-likeness (QED) is 0.576. The van der Waals surface area contributed by atoms with Gasteiger partial charge in [0.1, 0.15) is 28.8 Å². The number of fused-ring (bicyclic) bond motifs is 1. The van der Waals surface area contributed by atoms with Crippen LogP contribution in [0, 0.1) is 0 Å². The molecule has 0 aliphatic carbocycles. The van der Waals surface area contributed by atoms with E-state index in [1.165, 1.54) is 42.3 Å². The van der Waals surface area contributed by atoms with E-state index < -0.39 is 21.7 Å². The average Bonchev–Trinajstić information content (AvgIpc) is 2.77. The number of anilines is 2. The Kier molecular flexibility index (Phi) is 5.77. The van der Waals surface area contributed by atoms with Crippen molar-refractivity contribution >= 4 is 27.4 Å². The van der Waals surface area contributed by atoms with Crippen molar-refractivity contribution in [2.45, 2.75) is 24.3 Å². The van der Waals surface area contributed by atoms with Crippen molar-refractivity contribution in [3.63, 3.8) is 0 Å². The third kappa shape index (κ3) is 4.64. The summed E-state index contributed by atoms with van der Waals surface area (Å²) in [5.74, 6) is 1.50. The van der Waals surface area contributed by atoms with Crippen LogP contribution in [-0.2, 0) is 10.0 Å². The Morgan fingerprint density at radius 3 is 2.15 bits per heavy atom. The molecule has 8 nitrogen and oxygen atoms in total. The fourth-order valence-electron chi connectivity index (χ4n) is 3.29. The van der Waals surface area contributed by atoms with Gasteiger partial charge in [-0.25, -0.2) is 13.2 Å². The summed E-state index contributed by atoms with van der Waals surface area (Å²) in [4.78, 5) is 14.3. The molecule has 0 bridgehead atoms. The van der Waals surface area contributed by atoms with E-state index in [1.807, 2.05) is 18.2 Å². The number of carbonyl (C=O) groups excluding carboxylic acids is 1. The molecule has 0 fully saturated rings. The van der Waals surface area contributed by atoms with Crippen molar-refractivity contribution in [1.29, 1.82) is 0 Å². The summed E-state index contributed by atoms with van der Waals surface area (Å²) in [5, 5.41) is 9.86. The van der Waals surface area contributed by atoms with Gasteiger partial charge in [0.15, 0.2) is 0 Å². The Hall–Kier alpha value is -3.56. The summed E-state index contributed by atoms with van der Waals surface area (Å²) in [6.07, 6.45) is 0. The first kappa shape index (κ1) is 22.6. The SMILES string of the molecule is CN1C(=O)N(c2ccc(Oc3ccccc3)cc2)S(=O)(=O)c2ccc(OCC(C)(C)O)cc21. The molecule has 172 valence electrons. The summed E-state index contributed by atoms with van der Waals surface area (Å²) in [5.41, 5.74) is -0.662. The molecule has 1 aliphatic rings. The van der Waals surface area contributed by atoms with E-state index in [0.717, 1.165) is 4.31 Å². The van der Waals surface area contributed by atoms with Crippen LogP contribution >= 0.6 is 0 Å². The molecule has 0 spiro atoms. The van der Waals surface area contributed by atoms with Crippen LogP contribution in [0.2, 0.25) is 0 Å². The molecule has 9 heteroatoms. The summed E-state index contributed by atoms with van der Waals surface area (Å²) in [6.45, 7) is 3.21. The minimum Gasteiger partial charge on any atom is -0.491 e. The van der Waals surface area contributed by atoms with Crippen LogP contribution in [0.5, 0.6) is 17.2 Å². The number of rotatable bonds is 6. The van der Waals surface area contributed by atoms with Gasteiger partial charge in [-0.3, -0.25) is 4.90 Å². The van der Waals surface area contributed by atoms with Crippen LogP contribution in [0.1, 0.15) is 13.8 Å². The van der Waals surface area contributed by atoms with E-state index in [9.17, 15) is 18.3 Å². The largest absolute Gasteiger partial charge is 0.491 e. The van der Waals surface area contributed by atoms with Gasteiger partial charge in [0.2, 0.25) is 0 Å². The number of sulfonamides is 1. The Labute approximate surface area is 192 Å². The normalized spacial score (nSPS) is 15.2. The molecule has 2 amide bonds. The van der Waals surface area contributed by atoms with Gasteiger partial charge in [-0.1, -0.05) is 18.2 Å². The Bertz CT molecular complexity index is 1270. The van der Waals surface area contributed by atoms with Crippen LogP contribution in [0.25, 0.3) is 0 Å². The predicted molar refractivity (Wildman–Crippen MR) is 125 cm³/mol. The zero-order chi connectivity index (χ0) is 23.8. The molecule has 1 N–H and O–H groups in total. The number of nitrogens with zero attached hydrogens (tertiary/aromatic N) is 2. The lowest BCUT2D eigenvalue weighted by Gasteiger charge is -2.34. The second kappa shape index (κ2) is 8.42. The minimum absolute atomic E-state index is 0.0136. The van der Waals surface area contributed by atoms with Gasteiger partial charge in [0.05, 0.1) is 17.0 Å². The van der Waals surface area contributed by atoms with Crippen molar-refractivity contribution in [3.8, 4) is 17.2 Å². The molecule has 3 aromatic rings. The van der Waals surface area contributed by atoms with Crippen molar-refractivity contribution in [1.82, 2.24) is 0 Å². The highest BCUT2D eigenvalue weighted by Gasteiger charge is 2.41. The fourth-order valence-corrected chi connectivity index (χ4v) is 4.92. The highest BCUT2D eigenvalue weighted by molar-refractivity contribution is 7.94. The van der Waals surface area contributed by atoms with E-state index in [0.29, 0.717) is 17.2 Å². The number of amides is 2. The van der Waals surface area contributed by atoms with Gasteiger partial charge in [0, 0.05) is 13.1 Å². The van der Waals surface area contributed by atoms with Gasteiger partial charge >= 0.3 is 6.03 Å². The summed E-state index contributed by atoms with van der Waals surface area (Å²) >= 11 is 0. The van der Waals surface area contributed by atoms with Crippen LogP contribution in [0.3, 0.4) is 0 Å². The number of aliphatic hydroxyl groups is 1. The number of carbonyl (C=O) groups is 1. The van der Waals surface area contributed by atoms with Crippen molar-refractivity contribution in [2.75, 3.05) is 22.9 Å². The third-order valence-corrected chi connectivity index (χ3v) is 6.66. The second-order valence-electron chi connectivity index (χ2n) is 8.25. The van der Waals surface area contributed by atoms with E-state index in [-0.39, 0.29) is 22.9 Å². The van der Waals surface area contributed by atoms with E-state index in [4.69, 9.17) is 9.47 Å². The van der Waals surface area contributed by atoms with Crippen LogP contribution in [-0.4, -0.2) is 38.8 Å². The first-order chi connectivity index (χ1) is 15.6. The molecular weight excluding hydrogens is 444 g/mol. The zero-order valence-electron chi connectivity index (χ0n) is 18.4. The zero-order valence-corrected chi connectivity index (χ0v) is 19.2. The molecule has 0 atom stereocenters. The molecule has 0 saturated carbocycles. The second-order valence-corrected chi connectivity index (χ2v) is 10.0. The molecule has 3 aromatic carbocycles. The lowest BCUT2D eigenvalue weighted by molar-refractivity contribution is 0.0285. The van der Waals surface area contributed by atoms with Crippen LogP contribution in [0.4, 0.5) is 16.2 Å². The highest BCUT2D eigenvalue weighted by Crippen LogP contribution is 2.39. The molecule has 0 aromatic heterocycles. The summed E-state index contributed by atoms with van der Waals surface area (Å²) in [6, 6.07) is 19.1. The molecule has 0 radical (unpaired) electrons. The van der Waals surface area contributed by atoms with E-state index >= 15 is 0 Å². The molecule has 0 unspecified atom stereocenters. The maximum Gasteiger partial charge on any atom is 0.342 e. The first-order valence-electron chi connectivity index (χ1n) is 10.2. The molecule has 0 saturated heterocycles. The van der Waals surface area contributed by atoms with Crippen molar-refractivity contribution < 1.29 is 27.8 Å².